The minimum atomic E-state index is -0.155. The third-order valence-electron chi connectivity index (χ3n) is 9.41. The normalized spacial score (nSPS) is 29.1. The van der Waals surface area contributed by atoms with Crippen molar-refractivity contribution >= 4 is 34.2 Å². The van der Waals surface area contributed by atoms with Crippen molar-refractivity contribution in [3.8, 4) is 11.4 Å². The second-order valence-electron chi connectivity index (χ2n) is 12.0. The van der Waals surface area contributed by atoms with E-state index in [1.165, 1.54) is 19.3 Å². The molecule has 6 nitrogen and oxygen atoms in total. The first kappa shape index (κ1) is 22.1. The molecule has 5 fully saturated rings. The van der Waals surface area contributed by atoms with Crippen LogP contribution >= 0.6 is 0 Å². The summed E-state index contributed by atoms with van der Waals surface area (Å²) in [7, 11) is 0. The Bertz CT molecular complexity index is 1280. The average molecular weight is 483 g/mol. The third-order valence-corrected chi connectivity index (χ3v) is 9.41. The van der Waals surface area contributed by atoms with Gasteiger partial charge >= 0.3 is 0 Å². The second-order valence-corrected chi connectivity index (χ2v) is 12.0. The van der Waals surface area contributed by atoms with E-state index < -0.39 is 0 Å². The highest BCUT2D eigenvalue weighted by Crippen LogP contribution is 2.60. The van der Waals surface area contributed by atoms with E-state index in [4.69, 9.17) is 4.98 Å². The van der Waals surface area contributed by atoms with E-state index in [9.17, 15) is 9.59 Å². The number of anilines is 2. The number of hydrogen-bond donors (Lipinski definition) is 3. The van der Waals surface area contributed by atoms with Crippen molar-refractivity contribution < 1.29 is 9.59 Å². The van der Waals surface area contributed by atoms with Crippen LogP contribution in [0.4, 0.5) is 11.4 Å². The molecule has 36 heavy (non-hydrogen) atoms. The molecule has 4 bridgehead atoms. The van der Waals surface area contributed by atoms with Crippen LogP contribution in [0.15, 0.2) is 42.5 Å². The summed E-state index contributed by atoms with van der Waals surface area (Å²) in [4.78, 5) is 34.0. The minimum Gasteiger partial charge on any atom is -0.338 e. The maximum absolute atomic E-state index is 13.5. The molecule has 2 aromatic carbocycles. The van der Waals surface area contributed by atoms with E-state index in [0.717, 1.165) is 96.5 Å². The summed E-state index contributed by atoms with van der Waals surface area (Å²) in [6.45, 7) is 0. The molecule has 0 radical (unpaired) electrons. The highest BCUT2D eigenvalue weighted by Gasteiger charge is 2.54. The minimum absolute atomic E-state index is 0.132. The third kappa shape index (κ3) is 3.91. The van der Waals surface area contributed by atoms with Gasteiger partial charge in [-0.1, -0.05) is 12.8 Å². The summed E-state index contributed by atoms with van der Waals surface area (Å²) in [6.07, 6.45) is 11.5. The fourth-order valence-electron chi connectivity index (χ4n) is 8.02. The highest BCUT2D eigenvalue weighted by atomic mass is 16.2. The number of imidazole rings is 1. The van der Waals surface area contributed by atoms with Crippen molar-refractivity contribution in [1.29, 1.82) is 0 Å². The van der Waals surface area contributed by atoms with Gasteiger partial charge in [-0.2, -0.15) is 0 Å². The zero-order valence-electron chi connectivity index (χ0n) is 20.7. The van der Waals surface area contributed by atoms with E-state index in [1.807, 2.05) is 42.5 Å². The molecule has 8 rings (SSSR count). The van der Waals surface area contributed by atoms with Crippen LogP contribution in [0.1, 0.15) is 64.2 Å². The van der Waals surface area contributed by atoms with E-state index in [-0.39, 0.29) is 23.1 Å². The molecule has 1 aromatic heterocycles. The fraction of sp³-hybridized carbons (Fsp3) is 0.500. The van der Waals surface area contributed by atoms with Gasteiger partial charge in [0, 0.05) is 22.9 Å². The Hall–Kier alpha value is -3.15. The Labute approximate surface area is 211 Å². The molecule has 6 heteroatoms. The number of nitrogens with one attached hydrogen (secondary N) is 3. The Morgan fingerprint density at radius 3 is 2.14 bits per heavy atom. The van der Waals surface area contributed by atoms with Crippen LogP contribution in [-0.2, 0) is 9.59 Å². The van der Waals surface area contributed by atoms with Crippen LogP contribution in [0.2, 0.25) is 0 Å². The fourth-order valence-corrected chi connectivity index (χ4v) is 8.02. The molecule has 5 saturated carbocycles. The maximum Gasteiger partial charge on any atom is 0.230 e. The van der Waals surface area contributed by atoms with E-state index >= 15 is 0 Å². The van der Waals surface area contributed by atoms with Gasteiger partial charge < -0.3 is 15.6 Å². The molecule has 5 aliphatic rings. The van der Waals surface area contributed by atoms with Gasteiger partial charge in [-0.05, 0) is 112 Å². The average Bonchev–Trinajstić information content (AvgIpc) is 3.54. The number of carbonyl (C=O) groups is 2. The quantitative estimate of drug-likeness (QED) is 0.387. The van der Waals surface area contributed by atoms with Gasteiger partial charge in [0.25, 0.3) is 0 Å². The standard InChI is InChI=1S/C30H34N4O2/c35-28(22-3-1-2-4-22)31-23-7-5-21(6-8-23)27-33-25-10-9-24(14-26(25)34-27)32-29(36)30-15-18-11-19(16-30)13-20(12-18)17-30/h5-10,14,18-20,22H,1-4,11-13,15-17H2,(H,31,35)(H,32,36)(H,33,34). The number of nitrogens with zero attached hydrogens (tertiary/aromatic N) is 1. The number of fused-ring (bicyclic) bond motifs is 1. The summed E-state index contributed by atoms with van der Waals surface area (Å²) in [6, 6.07) is 13.8. The lowest BCUT2D eigenvalue weighted by Crippen LogP contribution is -2.51. The molecule has 2 amide bonds. The van der Waals surface area contributed by atoms with Crippen molar-refractivity contribution in [1.82, 2.24) is 9.97 Å². The molecule has 0 unspecified atom stereocenters. The van der Waals surface area contributed by atoms with Gasteiger partial charge in [0.05, 0.1) is 16.4 Å². The number of amides is 2. The van der Waals surface area contributed by atoms with Crippen molar-refractivity contribution in [3.05, 3.63) is 42.5 Å². The van der Waals surface area contributed by atoms with Crippen LogP contribution in [0, 0.1) is 29.1 Å². The van der Waals surface area contributed by atoms with E-state index in [0.29, 0.717) is 0 Å². The summed E-state index contributed by atoms with van der Waals surface area (Å²) in [5, 5.41) is 6.31. The number of aromatic amines is 1. The zero-order valence-corrected chi connectivity index (χ0v) is 20.7. The van der Waals surface area contributed by atoms with Gasteiger partial charge in [-0.25, -0.2) is 4.98 Å². The molecule has 1 heterocycles. The number of H-pyrrole nitrogens is 1. The number of rotatable bonds is 5. The lowest BCUT2D eigenvalue weighted by molar-refractivity contribution is -0.140. The first-order chi connectivity index (χ1) is 17.5. The van der Waals surface area contributed by atoms with E-state index in [1.54, 1.807) is 0 Å². The van der Waals surface area contributed by atoms with E-state index in [2.05, 4.69) is 15.6 Å². The van der Waals surface area contributed by atoms with Crippen LogP contribution < -0.4 is 10.6 Å². The van der Waals surface area contributed by atoms with Crippen molar-refractivity contribution in [3.63, 3.8) is 0 Å². The molecule has 0 atom stereocenters. The van der Waals surface area contributed by atoms with Crippen LogP contribution in [0.5, 0.6) is 0 Å². The SMILES string of the molecule is O=C(Nc1ccc(-c2nc3ccc(NC(=O)C45CC6CC(CC(C6)C4)C5)cc3[nH]2)cc1)C1CCCC1. The molecule has 186 valence electrons. The van der Waals surface area contributed by atoms with Gasteiger partial charge in [-0.15, -0.1) is 0 Å². The Morgan fingerprint density at radius 2 is 1.47 bits per heavy atom. The summed E-state index contributed by atoms with van der Waals surface area (Å²) < 4.78 is 0. The van der Waals surface area contributed by atoms with Gasteiger partial charge in [-0.3, -0.25) is 9.59 Å². The predicted octanol–water partition coefficient (Wildman–Crippen LogP) is 6.51. The largest absolute Gasteiger partial charge is 0.338 e. The Balaban J connectivity index is 1.06. The lowest BCUT2D eigenvalue weighted by Gasteiger charge is -2.55. The summed E-state index contributed by atoms with van der Waals surface area (Å²) in [5.41, 5.74) is 4.25. The van der Waals surface area contributed by atoms with Crippen molar-refractivity contribution in [2.75, 3.05) is 10.6 Å². The summed E-state index contributed by atoms with van der Waals surface area (Å²) in [5.74, 6) is 3.54. The molecule has 3 N–H and O–H groups in total. The number of benzene rings is 2. The number of carbonyl (C=O) groups excluding carboxylic acids is 2. The van der Waals surface area contributed by atoms with Crippen LogP contribution in [-0.4, -0.2) is 21.8 Å². The predicted molar refractivity (Wildman–Crippen MR) is 141 cm³/mol. The zero-order chi connectivity index (χ0) is 24.3. The van der Waals surface area contributed by atoms with Crippen molar-refractivity contribution in [2.24, 2.45) is 29.1 Å². The second kappa shape index (κ2) is 8.46. The van der Waals surface area contributed by atoms with Crippen LogP contribution in [0.25, 0.3) is 22.4 Å². The number of hydrogen-bond acceptors (Lipinski definition) is 3. The molecule has 5 aliphatic carbocycles. The maximum atomic E-state index is 13.5. The molecular formula is C30H34N4O2. The molecule has 3 aromatic rings. The van der Waals surface area contributed by atoms with Crippen LogP contribution in [0.3, 0.4) is 0 Å². The summed E-state index contributed by atoms with van der Waals surface area (Å²) >= 11 is 0. The smallest absolute Gasteiger partial charge is 0.230 e. The van der Waals surface area contributed by atoms with Crippen molar-refractivity contribution in [2.45, 2.75) is 64.2 Å². The van der Waals surface area contributed by atoms with Gasteiger partial charge in [0.1, 0.15) is 5.82 Å². The van der Waals surface area contributed by atoms with Gasteiger partial charge in [0.15, 0.2) is 0 Å². The molecule has 0 spiro atoms. The first-order valence-corrected chi connectivity index (χ1v) is 13.8. The Kier molecular flexibility index (Phi) is 5.19. The first-order valence-electron chi connectivity index (χ1n) is 13.8. The Morgan fingerprint density at radius 1 is 0.833 bits per heavy atom. The monoisotopic (exact) mass is 482 g/mol. The highest BCUT2D eigenvalue weighted by molar-refractivity contribution is 5.97. The lowest BCUT2D eigenvalue weighted by atomic mass is 9.49. The van der Waals surface area contributed by atoms with Gasteiger partial charge in [0.2, 0.25) is 11.8 Å². The molecular weight excluding hydrogens is 448 g/mol. The number of aromatic nitrogens is 2. The molecule has 0 saturated heterocycles. The topological polar surface area (TPSA) is 86.9 Å². The molecule has 0 aliphatic heterocycles.